The van der Waals surface area contributed by atoms with Crippen LogP contribution in [-0.2, 0) is 0 Å². The molecule has 286 valence electrons. The number of aromatic nitrogens is 1. The summed E-state index contributed by atoms with van der Waals surface area (Å²) in [7, 11) is 0. The fourth-order valence-electron chi connectivity index (χ4n) is 9.93. The summed E-state index contributed by atoms with van der Waals surface area (Å²) in [6.45, 7) is 2.21. The average molecular weight is 781 g/mol. The van der Waals surface area contributed by atoms with Crippen molar-refractivity contribution in [2.24, 2.45) is 4.99 Å². The van der Waals surface area contributed by atoms with Gasteiger partial charge in [0.05, 0.1) is 28.1 Å². The van der Waals surface area contributed by atoms with Crippen LogP contribution in [0.3, 0.4) is 0 Å². The molecule has 0 amide bonds. The van der Waals surface area contributed by atoms with E-state index in [9.17, 15) is 0 Å². The molecule has 0 N–H and O–H groups in total. The Balaban J connectivity index is 1.11. The quantitative estimate of drug-likeness (QED) is 0.178. The molecule has 0 atom stereocenters. The molecule has 9 aromatic carbocycles. The third-order valence-corrected chi connectivity index (χ3v) is 12.8. The van der Waals surface area contributed by atoms with Crippen LogP contribution in [0.4, 0.5) is 0 Å². The standard InChI is InChI=1S/C57H36N2O2/c1-34-41(39-26-25-35-13-2-3-14-36(35)29-39)27-28-49(58-56(34)46-21-12-20-44-43-18-7-10-23-52(43)61-57(44)46)48-32-40(33-54-55(48)45-19-8-11-24-53(45)60-54)59-50-22-9-6-17-42(50)47-30-37-15-4-5-16-38(37)31-51(47)59/h2-27,29-33H,28H2,1H3. The van der Waals surface area contributed by atoms with Gasteiger partial charge >= 0.3 is 0 Å². The van der Waals surface area contributed by atoms with Gasteiger partial charge in [-0.15, -0.1) is 0 Å². The molecule has 4 nitrogen and oxygen atoms in total. The molecule has 1 aliphatic heterocycles. The summed E-state index contributed by atoms with van der Waals surface area (Å²) in [4.78, 5) is 5.81. The molecular formula is C57H36N2O2. The monoisotopic (exact) mass is 780 g/mol. The van der Waals surface area contributed by atoms with Crippen LogP contribution in [0.5, 0.6) is 0 Å². The number of benzene rings is 9. The van der Waals surface area contributed by atoms with Crippen LogP contribution < -0.4 is 0 Å². The number of nitrogens with zero attached hydrogens (tertiary/aromatic N) is 2. The number of hydrogen-bond donors (Lipinski definition) is 0. The van der Waals surface area contributed by atoms with E-state index in [1.165, 1.54) is 32.3 Å². The second kappa shape index (κ2) is 13.0. The zero-order chi connectivity index (χ0) is 40.2. The van der Waals surface area contributed by atoms with Gasteiger partial charge in [-0.05, 0) is 93.7 Å². The number of rotatable bonds is 4. The van der Waals surface area contributed by atoms with Crippen molar-refractivity contribution in [2.45, 2.75) is 13.3 Å². The van der Waals surface area contributed by atoms with Crippen molar-refractivity contribution in [1.82, 2.24) is 4.57 Å². The molecule has 4 heteroatoms. The number of para-hydroxylation sites is 4. The van der Waals surface area contributed by atoms with Crippen molar-refractivity contribution in [3.8, 4) is 5.69 Å². The first-order valence-corrected chi connectivity index (χ1v) is 20.9. The summed E-state index contributed by atoms with van der Waals surface area (Å²) < 4.78 is 15.9. The van der Waals surface area contributed by atoms with Crippen LogP contribution in [0, 0.1) is 0 Å². The zero-order valence-electron chi connectivity index (χ0n) is 33.3. The second-order valence-electron chi connectivity index (χ2n) is 16.2. The molecule has 61 heavy (non-hydrogen) atoms. The van der Waals surface area contributed by atoms with Crippen LogP contribution in [0.15, 0.2) is 207 Å². The maximum atomic E-state index is 6.79. The molecule has 0 aliphatic carbocycles. The Morgan fingerprint density at radius 3 is 1.98 bits per heavy atom. The highest BCUT2D eigenvalue weighted by atomic mass is 16.3. The minimum Gasteiger partial charge on any atom is -0.456 e. The third kappa shape index (κ3) is 5.15. The lowest BCUT2D eigenvalue weighted by Gasteiger charge is -2.14. The van der Waals surface area contributed by atoms with Crippen LogP contribution in [0.25, 0.3) is 104 Å². The van der Waals surface area contributed by atoms with Crippen molar-refractivity contribution < 1.29 is 8.83 Å². The molecule has 13 rings (SSSR count). The maximum Gasteiger partial charge on any atom is 0.144 e. The SMILES string of the molecule is CC1=C(c2cccc3c2oc2ccccc23)N=C(c2cc(-n3c4ccccc4c4cc5ccccc5cc43)cc3oc4ccccc4c23)CC=C1c1ccc2ccccc2c1. The lowest BCUT2D eigenvalue weighted by Crippen LogP contribution is -2.04. The second-order valence-corrected chi connectivity index (χ2v) is 16.2. The Labute approximate surface area is 350 Å². The van der Waals surface area contributed by atoms with E-state index in [1.54, 1.807) is 0 Å². The van der Waals surface area contributed by atoms with Crippen LogP contribution in [-0.4, -0.2) is 10.3 Å². The fraction of sp³-hybridized carbons (Fsp3) is 0.0351. The number of fused-ring (bicyclic) bond motifs is 11. The first-order valence-electron chi connectivity index (χ1n) is 20.9. The molecule has 3 aromatic heterocycles. The molecule has 4 heterocycles. The molecule has 0 spiro atoms. The Morgan fingerprint density at radius 2 is 1.15 bits per heavy atom. The highest BCUT2D eigenvalue weighted by molar-refractivity contribution is 6.22. The number of allylic oxidation sites excluding steroid dienone is 3. The van der Waals surface area contributed by atoms with Crippen LogP contribution in [0.1, 0.15) is 30.0 Å². The van der Waals surface area contributed by atoms with Crippen LogP contribution >= 0.6 is 0 Å². The van der Waals surface area contributed by atoms with Gasteiger partial charge in [-0.25, -0.2) is 0 Å². The third-order valence-electron chi connectivity index (χ3n) is 12.8. The van der Waals surface area contributed by atoms with Gasteiger partial charge in [0.15, 0.2) is 0 Å². The molecule has 0 saturated carbocycles. The molecule has 0 radical (unpaired) electrons. The van der Waals surface area contributed by atoms with Gasteiger partial charge in [-0.1, -0.05) is 133 Å². The van der Waals surface area contributed by atoms with E-state index >= 15 is 0 Å². The van der Waals surface area contributed by atoms with E-state index in [-0.39, 0.29) is 0 Å². The van der Waals surface area contributed by atoms with E-state index in [4.69, 9.17) is 13.8 Å². The van der Waals surface area contributed by atoms with Gasteiger partial charge in [-0.2, -0.15) is 0 Å². The molecule has 0 bridgehead atoms. The highest BCUT2D eigenvalue weighted by Gasteiger charge is 2.25. The normalized spacial score (nSPS) is 13.7. The Bertz CT molecular complexity index is 3920. The summed E-state index contributed by atoms with van der Waals surface area (Å²) in [6.07, 6.45) is 2.98. The van der Waals surface area contributed by atoms with Crippen molar-refractivity contribution in [1.29, 1.82) is 0 Å². The Kier molecular flexibility index (Phi) is 7.25. The van der Waals surface area contributed by atoms with E-state index in [1.807, 2.05) is 18.2 Å². The molecule has 0 unspecified atom stereocenters. The predicted molar refractivity (Wildman–Crippen MR) is 255 cm³/mol. The van der Waals surface area contributed by atoms with Gasteiger partial charge in [0.2, 0.25) is 0 Å². The lowest BCUT2D eigenvalue weighted by molar-refractivity contribution is 0.667. The van der Waals surface area contributed by atoms with Crippen molar-refractivity contribution in [2.75, 3.05) is 0 Å². The summed E-state index contributed by atoms with van der Waals surface area (Å²) in [5, 5.41) is 11.6. The van der Waals surface area contributed by atoms with Gasteiger partial charge in [0.25, 0.3) is 0 Å². The smallest absolute Gasteiger partial charge is 0.144 e. The number of hydrogen-bond acceptors (Lipinski definition) is 3. The zero-order valence-corrected chi connectivity index (χ0v) is 33.3. The van der Waals surface area contributed by atoms with Gasteiger partial charge in [0, 0.05) is 55.9 Å². The Morgan fingerprint density at radius 1 is 0.475 bits per heavy atom. The van der Waals surface area contributed by atoms with Crippen molar-refractivity contribution >= 4 is 104 Å². The van der Waals surface area contributed by atoms with Gasteiger partial charge in [-0.3, -0.25) is 4.99 Å². The van der Waals surface area contributed by atoms with Gasteiger partial charge in [0.1, 0.15) is 22.3 Å². The molecular weight excluding hydrogens is 745 g/mol. The summed E-state index contributed by atoms with van der Waals surface area (Å²) in [6, 6.07) is 65.0. The van der Waals surface area contributed by atoms with E-state index in [0.717, 1.165) is 99.8 Å². The first-order chi connectivity index (χ1) is 30.1. The van der Waals surface area contributed by atoms with E-state index < -0.39 is 0 Å². The molecule has 0 fully saturated rings. The van der Waals surface area contributed by atoms with Crippen molar-refractivity contribution in [3.05, 3.63) is 210 Å². The molecule has 0 saturated heterocycles. The average Bonchev–Trinajstić information content (AvgIpc) is 3.94. The minimum atomic E-state index is 0.606. The minimum absolute atomic E-state index is 0.606. The molecule has 12 aromatic rings. The van der Waals surface area contributed by atoms with E-state index in [2.05, 4.69) is 181 Å². The first kappa shape index (κ1) is 34.0. The van der Waals surface area contributed by atoms with Crippen molar-refractivity contribution in [3.63, 3.8) is 0 Å². The Hall–Kier alpha value is -7.95. The summed E-state index contributed by atoms with van der Waals surface area (Å²) in [5.41, 5.74) is 14.0. The number of furan rings is 2. The topological polar surface area (TPSA) is 43.6 Å². The largest absolute Gasteiger partial charge is 0.456 e. The fourth-order valence-corrected chi connectivity index (χ4v) is 9.93. The molecule has 1 aliphatic rings. The summed E-state index contributed by atoms with van der Waals surface area (Å²) >= 11 is 0. The predicted octanol–water partition coefficient (Wildman–Crippen LogP) is 15.6. The van der Waals surface area contributed by atoms with Crippen LogP contribution in [0.2, 0.25) is 0 Å². The van der Waals surface area contributed by atoms with E-state index in [0.29, 0.717) is 6.42 Å². The summed E-state index contributed by atoms with van der Waals surface area (Å²) in [5.74, 6) is 0. The highest BCUT2D eigenvalue weighted by Crippen LogP contribution is 2.43. The number of aliphatic imine (C=N–C) groups is 1. The lowest BCUT2D eigenvalue weighted by atomic mass is 9.92. The van der Waals surface area contributed by atoms with Gasteiger partial charge < -0.3 is 13.4 Å². The maximum absolute atomic E-state index is 6.79.